The Hall–Kier alpha value is -2.76. The molecule has 0 amide bonds. The molecule has 0 fully saturated rings. The third kappa shape index (κ3) is 3.95. The summed E-state index contributed by atoms with van der Waals surface area (Å²) in [4.78, 5) is 12.2. The lowest BCUT2D eigenvalue weighted by Crippen LogP contribution is -1.99. The van der Waals surface area contributed by atoms with Crippen LogP contribution in [0.1, 0.15) is 29.8 Å². The van der Waals surface area contributed by atoms with E-state index in [0.717, 1.165) is 12.1 Å². The number of aryl methyl sites for hydroxylation is 1. The van der Waals surface area contributed by atoms with Gasteiger partial charge in [0, 0.05) is 12.7 Å². The normalized spacial score (nSPS) is 10.8. The van der Waals surface area contributed by atoms with Crippen LogP contribution in [-0.4, -0.2) is 36.4 Å². The minimum absolute atomic E-state index is 0.110. The van der Waals surface area contributed by atoms with Crippen molar-refractivity contribution < 1.29 is 19.0 Å². The van der Waals surface area contributed by atoms with E-state index < -0.39 is 0 Å². The number of methoxy groups -OCH3 is 2. The molecule has 0 aliphatic rings. The van der Waals surface area contributed by atoms with Crippen molar-refractivity contribution in [1.29, 1.82) is 0 Å². The lowest BCUT2D eigenvalue weighted by Gasteiger charge is -2.14. The highest BCUT2D eigenvalue weighted by molar-refractivity contribution is 6.06. The smallest absolute Gasteiger partial charge is 0.203 e. The first kappa shape index (κ1) is 17.6. The second-order valence-corrected chi connectivity index (χ2v) is 4.97. The lowest BCUT2D eigenvalue weighted by molar-refractivity contribution is 0.104. The first-order valence-corrected chi connectivity index (χ1v) is 7.76. The number of allylic oxidation sites excluding steroid dienone is 1. The van der Waals surface area contributed by atoms with Crippen LogP contribution in [0.4, 0.5) is 0 Å². The molecule has 0 saturated carbocycles. The summed E-state index contributed by atoms with van der Waals surface area (Å²) in [7, 11) is 3.13. The van der Waals surface area contributed by atoms with Crippen LogP contribution in [0.15, 0.2) is 30.6 Å². The summed E-state index contributed by atoms with van der Waals surface area (Å²) in [5.41, 5.74) is 1.33. The quantitative estimate of drug-likeness (QED) is 0.549. The summed E-state index contributed by atoms with van der Waals surface area (Å²) in [6.45, 7) is 5.09. The highest BCUT2D eigenvalue weighted by atomic mass is 16.5. The first-order chi connectivity index (χ1) is 11.6. The van der Waals surface area contributed by atoms with Gasteiger partial charge in [-0.2, -0.15) is 5.10 Å². The molecule has 6 nitrogen and oxygen atoms in total. The van der Waals surface area contributed by atoms with Gasteiger partial charge in [-0.15, -0.1) is 0 Å². The second kappa shape index (κ2) is 8.19. The van der Waals surface area contributed by atoms with Gasteiger partial charge in [0.1, 0.15) is 0 Å². The number of benzene rings is 1. The minimum Gasteiger partial charge on any atom is -0.493 e. The van der Waals surface area contributed by atoms with Crippen LogP contribution >= 0.6 is 0 Å². The lowest BCUT2D eigenvalue weighted by atomic mass is 10.1. The molecule has 1 aromatic carbocycles. The van der Waals surface area contributed by atoms with E-state index in [1.165, 1.54) is 6.08 Å². The van der Waals surface area contributed by atoms with Gasteiger partial charge in [0.25, 0.3) is 0 Å². The van der Waals surface area contributed by atoms with Crippen LogP contribution < -0.4 is 14.2 Å². The van der Waals surface area contributed by atoms with Gasteiger partial charge in [-0.05, 0) is 37.6 Å². The topological polar surface area (TPSA) is 62.6 Å². The number of hydrogen-bond donors (Lipinski definition) is 0. The SMILES string of the molecule is CCOc1c(OC)cc(/C=C\C(=O)c2cnn(CC)c2)cc1OC. The highest BCUT2D eigenvalue weighted by Crippen LogP contribution is 2.38. The highest BCUT2D eigenvalue weighted by Gasteiger charge is 2.13. The van der Waals surface area contributed by atoms with E-state index >= 15 is 0 Å². The van der Waals surface area contributed by atoms with Crippen molar-refractivity contribution in [2.75, 3.05) is 20.8 Å². The van der Waals surface area contributed by atoms with E-state index in [1.807, 2.05) is 13.8 Å². The van der Waals surface area contributed by atoms with Crippen molar-refractivity contribution in [3.63, 3.8) is 0 Å². The van der Waals surface area contributed by atoms with Crippen LogP contribution in [-0.2, 0) is 6.54 Å². The van der Waals surface area contributed by atoms with Gasteiger partial charge in [0.2, 0.25) is 5.75 Å². The molecule has 0 spiro atoms. The molecule has 0 aliphatic carbocycles. The molecular formula is C18H22N2O4. The second-order valence-electron chi connectivity index (χ2n) is 4.97. The fraction of sp³-hybridized carbons (Fsp3) is 0.333. The largest absolute Gasteiger partial charge is 0.493 e. The summed E-state index contributed by atoms with van der Waals surface area (Å²) in [5, 5.41) is 4.10. The Morgan fingerprint density at radius 1 is 1.21 bits per heavy atom. The van der Waals surface area contributed by atoms with Crippen molar-refractivity contribution in [1.82, 2.24) is 9.78 Å². The number of aromatic nitrogens is 2. The van der Waals surface area contributed by atoms with Crippen molar-refractivity contribution in [2.45, 2.75) is 20.4 Å². The number of carbonyl (C=O) groups is 1. The molecule has 0 aliphatic heterocycles. The van der Waals surface area contributed by atoms with Gasteiger partial charge in [-0.3, -0.25) is 9.48 Å². The maximum Gasteiger partial charge on any atom is 0.203 e. The van der Waals surface area contributed by atoms with E-state index in [4.69, 9.17) is 14.2 Å². The van der Waals surface area contributed by atoms with Gasteiger partial charge in [-0.25, -0.2) is 0 Å². The molecule has 128 valence electrons. The van der Waals surface area contributed by atoms with Crippen LogP contribution in [0.3, 0.4) is 0 Å². The summed E-state index contributed by atoms with van der Waals surface area (Å²) >= 11 is 0. The van der Waals surface area contributed by atoms with Crippen LogP contribution in [0, 0.1) is 0 Å². The Morgan fingerprint density at radius 2 is 1.88 bits per heavy atom. The van der Waals surface area contributed by atoms with Gasteiger partial charge in [0.05, 0.1) is 32.6 Å². The fourth-order valence-corrected chi connectivity index (χ4v) is 2.21. The molecular weight excluding hydrogens is 308 g/mol. The van der Waals surface area contributed by atoms with E-state index in [1.54, 1.807) is 49.5 Å². The number of rotatable bonds is 8. The maximum absolute atomic E-state index is 12.2. The van der Waals surface area contributed by atoms with E-state index in [-0.39, 0.29) is 5.78 Å². The molecule has 1 heterocycles. The average molecular weight is 330 g/mol. The summed E-state index contributed by atoms with van der Waals surface area (Å²) in [6.07, 6.45) is 6.51. The number of carbonyl (C=O) groups excluding carboxylic acids is 1. The van der Waals surface area contributed by atoms with E-state index in [9.17, 15) is 4.79 Å². The minimum atomic E-state index is -0.110. The average Bonchev–Trinajstić information content (AvgIpc) is 3.09. The molecule has 0 unspecified atom stereocenters. The number of hydrogen-bond acceptors (Lipinski definition) is 5. The molecule has 6 heteroatoms. The molecule has 2 rings (SSSR count). The van der Waals surface area contributed by atoms with Gasteiger partial charge in [-0.1, -0.05) is 6.08 Å². The molecule has 0 bridgehead atoms. The standard InChI is InChI=1S/C18H22N2O4/c1-5-20-12-14(11-19-20)15(21)8-7-13-9-16(22-3)18(24-6-2)17(10-13)23-4/h7-12H,5-6H2,1-4H3/b8-7-. The number of nitrogens with zero attached hydrogens (tertiary/aromatic N) is 2. The van der Waals surface area contributed by atoms with Gasteiger partial charge in [0.15, 0.2) is 17.3 Å². The molecule has 0 N–H and O–H groups in total. The Balaban J connectivity index is 2.26. The van der Waals surface area contributed by atoms with Crippen molar-refractivity contribution in [3.05, 3.63) is 41.7 Å². The zero-order valence-electron chi connectivity index (χ0n) is 14.4. The molecule has 0 saturated heterocycles. The van der Waals surface area contributed by atoms with Crippen molar-refractivity contribution >= 4 is 11.9 Å². The molecule has 24 heavy (non-hydrogen) atoms. The molecule has 2 aromatic rings. The summed E-state index contributed by atoms with van der Waals surface area (Å²) < 4.78 is 18.0. The first-order valence-electron chi connectivity index (χ1n) is 7.76. The number of ether oxygens (including phenoxy) is 3. The Labute approximate surface area is 141 Å². The maximum atomic E-state index is 12.2. The molecule has 0 atom stereocenters. The Morgan fingerprint density at radius 3 is 2.38 bits per heavy atom. The molecule has 0 radical (unpaired) electrons. The third-order valence-corrected chi connectivity index (χ3v) is 3.44. The van der Waals surface area contributed by atoms with Gasteiger partial charge < -0.3 is 14.2 Å². The monoisotopic (exact) mass is 330 g/mol. The number of ketones is 1. The van der Waals surface area contributed by atoms with Crippen LogP contribution in [0.5, 0.6) is 17.2 Å². The van der Waals surface area contributed by atoms with Crippen LogP contribution in [0.2, 0.25) is 0 Å². The summed E-state index contributed by atoms with van der Waals surface area (Å²) in [5.74, 6) is 1.56. The fourth-order valence-electron chi connectivity index (χ4n) is 2.21. The zero-order valence-corrected chi connectivity index (χ0v) is 14.4. The third-order valence-electron chi connectivity index (χ3n) is 3.44. The Kier molecular flexibility index (Phi) is 6.01. The zero-order chi connectivity index (χ0) is 17.5. The predicted octanol–water partition coefficient (Wildman–Crippen LogP) is 3.22. The predicted molar refractivity (Wildman–Crippen MR) is 92.0 cm³/mol. The van der Waals surface area contributed by atoms with Crippen LogP contribution in [0.25, 0.3) is 6.08 Å². The van der Waals surface area contributed by atoms with E-state index in [2.05, 4.69) is 5.10 Å². The summed E-state index contributed by atoms with van der Waals surface area (Å²) in [6, 6.07) is 3.60. The Bertz CT molecular complexity index is 709. The molecule has 1 aromatic heterocycles. The van der Waals surface area contributed by atoms with Gasteiger partial charge >= 0.3 is 0 Å². The van der Waals surface area contributed by atoms with E-state index in [0.29, 0.717) is 29.4 Å². The van der Waals surface area contributed by atoms with Crippen molar-refractivity contribution in [2.24, 2.45) is 0 Å². The van der Waals surface area contributed by atoms with Crippen molar-refractivity contribution in [3.8, 4) is 17.2 Å².